The number of aliphatic hydroxyl groups is 1. The lowest BCUT2D eigenvalue weighted by Crippen LogP contribution is -2.33. The number of amides is 1. The zero-order chi connectivity index (χ0) is 12.7. The fraction of sp³-hybridized carbons (Fsp3) is 0.308. The lowest BCUT2D eigenvalue weighted by molar-refractivity contribution is -0.117. The molecule has 92 valence electrons. The van der Waals surface area contributed by atoms with Gasteiger partial charge in [-0.1, -0.05) is 24.8 Å². The molecule has 0 fully saturated rings. The third-order valence-electron chi connectivity index (χ3n) is 2.07. The maximum Gasteiger partial charge on any atom is 0.246 e. The van der Waals surface area contributed by atoms with Gasteiger partial charge in [-0.05, 0) is 19.1 Å². The van der Waals surface area contributed by atoms with Crippen molar-refractivity contribution in [1.29, 1.82) is 0 Å². The van der Waals surface area contributed by atoms with E-state index in [4.69, 9.17) is 0 Å². The van der Waals surface area contributed by atoms with E-state index in [0.29, 0.717) is 11.3 Å². The first-order valence-corrected chi connectivity index (χ1v) is 6.38. The lowest BCUT2D eigenvalue weighted by Gasteiger charge is -2.11. The second-order valence-electron chi connectivity index (χ2n) is 3.77. The van der Waals surface area contributed by atoms with E-state index in [0.717, 1.165) is 4.90 Å². The molecule has 2 N–H and O–H groups in total. The second kappa shape index (κ2) is 7.14. The van der Waals surface area contributed by atoms with E-state index in [1.165, 1.54) is 0 Å². The molecule has 1 atom stereocenters. The minimum absolute atomic E-state index is 0.214. The van der Waals surface area contributed by atoms with Crippen LogP contribution in [-0.2, 0) is 4.79 Å². The molecule has 1 unspecified atom stereocenters. The van der Waals surface area contributed by atoms with Crippen LogP contribution in [0.25, 0.3) is 0 Å². The molecule has 4 heteroatoms. The molecule has 1 aromatic carbocycles. The summed E-state index contributed by atoms with van der Waals surface area (Å²) < 4.78 is 0. The molecule has 0 spiro atoms. The lowest BCUT2D eigenvalue weighted by atomic mass is 10.3. The van der Waals surface area contributed by atoms with Gasteiger partial charge in [0.2, 0.25) is 5.91 Å². The first-order chi connectivity index (χ1) is 8.09. The van der Waals surface area contributed by atoms with Crippen LogP contribution in [-0.4, -0.2) is 29.4 Å². The molecule has 1 rings (SSSR count). The monoisotopic (exact) mass is 251 g/mol. The van der Waals surface area contributed by atoms with Crippen LogP contribution in [0.5, 0.6) is 0 Å². The molecule has 1 aromatic rings. The average molecular weight is 251 g/mol. The highest BCUT2D eigenvalue weighted by atomic mass is 32.2. The summed E-state index contributed by atoms with van der Waals surface area (Å²) in [4.78, 5) is 12.3. The van der Waals surface area contributed by atoms with Gasteiger partial charge in [0.15, 0.2) is 0 Å². The third kappa shape index (κ3) is 5.56. The van der Waals surface area contributed by atoms with Crippen LogP contribution < -0.4 is 5.32 Å². The predicted molar refractivity (Wildman–Crippen MR) is 71.0 cm³/mol. The SMILES string of the molecule is C=C(C)C(=O)NCC(O)CSc1ccccc1. The Morgan fingerprint density at radius 1 is 1.47 bits per heavy atom. The molecule has 0 radical (unpaired) electrons. The summed E-state index contributed by atoms with van der Waals surface area (Å²) in [6.45, 7) is 5.42. The van der Waals surface area contributed by atoms with E-state index in [1.54, 1.807) is 18.7 Å². The molecule has 0 heterocycles. The van der Waals surface area contributed by atoms with Gasteiger partial charge in [-0.2, -0.15) is 0 Å². The highest BCUT2D eigenvalue weighted by Gasteiger charge is 2.07. The Morgan fingerprint density at radius 3 is 2.71 bits per heavy atom. The van der Waals surface area contributed by atoms with Crippen molar-refractivity contribution in [2.75, 3.05) is 12.3 Å². The Balaban J connectivity index is 2.24. The zero-order valence-corrected chi connectivity index (χ0v) is 10.7. The molecule has 3 nitrogen and oxygen atoms in total. The van der Waals surface area contributed by atoms with Crippen molar-refractivity contribution in [3.05, 3.63) is 42.5 Å². The Morgan fingerprint density at radius 2 is 2.12 bits per heavy atom. The van der Waals surface area contributed by atoms with E-state index in [-0.39, 0.29) is 12.5 Å². The molecular formula is C13H17NO2S. The van der Waals surface area contributed by atoms with Crippen LogP contribution in [0.1, 0.15) is 6.92 Å². The number of carbonyl (C=O) groups is 1. The van der Waals surface area contributed by atoms with Crippen LogP contribution in [0.4, 0.5) is 0 Å². The van der Waals surface area contributed by atoms with E-state index >= 15 is 0 Å². The van der Waals surface area contributed by atoms with Gasteiger partial charge in [0.25, 0.3) is 0 Å². The van der Waals surface area contributed by atoms with Crippen LogP contribution in [0.2, 0.25) is 0 Å². The number of hydrogen-bond donors (Lipinski definition) is 2. The summed E-state index contributed by atoms with van der Waals surface area (Å²) in [6.07, 6.45) is -0.552. The van der Waals surface area contributed by atoms with Crippen LogP contribution in [0.3, 0.4) is 0 Å². The van der Waals surface area contributed by atoms with Crippen molar-refractivity contribution in [2.24, 2.45) is 0 Å². The summed E-state index contributed by atoms with van der Waals surface area (Å²) in [5, 5.41) is 12.3. The fourth-order valence-corrected chi connectivity index (χ4v) is 1.98. The molecule has 17 heavy (non-hydrogen) atoms. The third-order valence-corrected chi connectivity index (χ3v) is 3.23. The van der Waals surface area contributed by atoms with Gasteiger partial charge in [-0.15, -0.1) is 11.8 Å². The molecule has 0 aromatic heterocycles. The molecule has 0 saturated heterocycles. The quantitative estimate of drug-likeness (QED) is 0.599. The first kappa shape index (κ1) is 13.8. The van der Waals surface area contributed by atoms with Gasteiger partial charge in [-0.25, -0.2) is 0 Å². The normalized spacial score (nSPS) is 11.9. The maximum absolute atomic E-state index is 11.2. The van der Waals surface area contributed by atoms with Crippen molar-refractivity contribution >= 4 is 17.7 Å². The molecule has 0 aliphatic carbocycles. The highest BCUT2D eigenvalue weighted by Crippen LogP contribution is 2.17. The topological polar surface area (TPSA) is 49.3 Å². The van der Waals surface area contributed by atoms with Gasteiger partial charge in [0.05, 0.1) is 6.10 Å². The van der Waals surface area contributed by atoms with E-state index in [1.807, 2.05) is 30.3 Å². The largest absolute Gasteiger partial charge is 0.390 e. The molecule has 0 aliphatic rings. The summed E-state index contributed by atoms with van der Waals surface area (Å²) in [6, 6.07) is 9.84. The smallest absolute Gasteiger partial charge is 0.246 e. The number of hydrogen-bond acceptors (Lipinski definition) is 3. The highest BCUT2D eigenvalue weighted by molar-refractivity contribution is 7.99. The number of benzene rings is 1. The number of nitrogens with one attached hydrogen (secondary N) is 1. The van der Waals surface area contributed by atoms with Gasteiger partial charge in [-0.3, -0.25) is 4.79 Å². The molecule has 1 amide bonds. The summed E-state index contributed by atoms with van der Waals surface area (Å²) in [5.74, 6) is 0.342. The number of carbonyl (C=O) groups excluding carboxylic acids is 1. The minimum atomic E-state index is -0.552. The molecule has 0 aliphatic heterocycles. The van der Waals surface area contributed by atoms with Crippen LogP contribution in [0, 0.1) is 0 Å². The number of thioether (sulfide) groups is 1. The summed E-state index contributed by atoms with van der Waals surface area (Å²) in [5.41, 5.74) is 0.452. The maximum atomic E-state index is 11.2. The van der Waals surface area contributed by atoms with Crippen molar-refractivity contribution in [2.45, 2.75) is 17.9 Å². The van der Waals surface area contributed by atoms with Crippen molar-refractivity contribution in [1.82, 2.24) is 5.32 Å². The Labute approximate surface area is 106 Å². The Hall–Kier alpha value is -1.26. The first-order valence-electron chi connectivity index (χ1n) is 5.39. The average Bonchev–Trinajstić information content (AvgIpc) is 2.34. The van der Waals surface area contributed by atoms with E-state index < -0.39 is 6.10 Å². The van der Waals surface area contributed by atoms with Gasteiger partial charge < -0.3 is 10.4 Å². The van der Waals surface area contributed by atoms with Crippen molar-refractivity contribution < 1.29 is 9.90 Å². The van der Waals surface area contributed by atoms with Crippen LogP contribution >= 0.6 is 11.8 Å². The van der Waals surface area contributed by atoms with E-state index in [9.17, 15) is 9.90 Å². The molecule has 0 saturated carbocycles. The van der Waals surface area contributed by atoms with E-state index in [2.05, 4.69) is 11.9 Å². The van der Waals surface area contributed by atoms with Gasteiger partial charge >= 0.3 is 0 Å². The zero-order valence-electron chi connectivity index (χ0n) is 9.85. The van der Waals surface area contributed by atoms with Gasteiger partial charge in [0, 0.05) is 22.8 Å². The fourth-order valence-electron chi connectivity index (χ4n) is 1.13. The molecule has 0 bridgehead atoms. The predicted octanol–water partition coefficient (Wildman–Crippen LogP) is 1.83. The van der Waals surface area contributed by atoms with Crippen molar-refractivity contribution in [3.8, 4) is 0 Å². The standard InChI is InChI=1S/C13H17NO2S/c1-10(2)13(16)14-8-11(15)9-17-12-6-4-3-5-7-12/h3-7,11,15H,1,8-9H2,2H3,(H,14,16). The summed E-state index contributed by atoms with van der Waals surface area (Å²) >= 11 is 1.56. The number of aliphatic hydroxyl groups excluding tert-OH is 1. The van der Waals surface area contributed by atoms with Crippen LogP contribution in [0.15, 0.2) is 47.4 Å². The minimum Gasteiger partial charge on any atom is -0.390 e. The van der Waals surface area contributed by atoms with Gasteiger partial charge in [0.1, 0.15) is 0 Å². The van der Waals surface area contributed by atoms with Crippen molar-refractivity contribution in [3.63, 3.8) is 0 Å². The summed E-state index contributed by atoms with van der Waals surface area (Å²) in [7, 11) is 0. The second-order valence-corrected chi connectivity index (χ2v) is 4.86. The Kier molecular flexibility index (Phi) is 5.80. The number of rotatable bonds is 6. The Bertz CT molecular complexity index is 378. The molecular weight excluding hydrogens is 234 g/mol.